The van der Waals surface area contributed by atoms with Crippen LogP contribution < -0.4 is 5.73 Å². The summed E-state index contributed by atoms with van der Waals surface area (Å²) in [5.41, 5.74) is 6.26. The molecule has 2 N–H and O–H groups in total. The van der Waals surface area contributed by atoms with Gasteiger partial charge in [-0.25, -0.2) is 8.42 Å². The number of sulfone groups is 1. The molecule has 3 atom stereocenters. The van der Waals surface area contributed by atoms with E-state index in [1.807, 2.05) is 0 Å². The number of nitrogens with zero attached hydrogens (tertiary/aromatic N) is 1. The van der Waals surface area contributed by atoms with E-state index in [0.29, 0.717) is 36.6 Å². The number of rotatable bonds is 4. The van der Waals surface area contributed by atoms with Gasteiger partial charge in [0.05, 0.1) is 11.5 Å². The number of hydrogen-bond acceptors (Lipinski definition) is 4. The molecule has 0 aromatic rings. The molecule has 2 aliphatic rings. The van der Waals surface area contributed by atoms with Crippen molar-refractivity contribution in [2.45, 2.75) is 45.1 Å². The second-order valence-electron chi connectivity index (χ2n) is 6.34. The van der Waals surface area contributed by atoms with Crippen LogP contribution in [0.15, 0.2) is 0 Å². The third-order valence-electron chi connectivity index (χ3n) is 4.78. The monoisotopic (exact) mass is 288 g/mol. The molecule has 1 aliphatic carbocycles. The molecule has 0 aromatic heterocycles. The Morgan fingerprint density at radius 2 is 1.89 bits per heavy atom. The first-order chi connectivity index (χ1) is 9.00. The summed E-state index contributed by atoms with van der Waals surface area (Å²) < 4.78 is 22.9. The van der Waals surface area contributed by atoms with Crippen molar-refractivity contribution in [3.63, 3.8) is 0 Å². The quantitative estimate of drug-likeness (QED) is 0.846. The summed E-state index contributed by atoms with van der Waals surface area (Å²) in [5.74, 6) is 2.05. The SMILES string of the molecule is CCCC1CCC(N)C(CN2CCS(=O)(=O)CC2)C1. The summed E-state index contributed by atoms with van der Waals surface area (Å²) in [5, 5.41) is 0. The molecule has 19 heavy (non-hydrogen) atoms. The molecule has 0 amide bonds. The summed E-state index contributed by atoms with van der Waals surface area (Å²) in [6.45, 7) is 4.64. The summed E-state index contributed by atoms with van der Waals surface area (Å²) in [4.78, 5) is 2.31. The van der Waals surface area contributed by atoms with Gasteiger partial charge in [0.25, 0.3) is 0 Å². The summed E-state index contributed by atoms with van der Waals surface area (Å²) in [6.07, 6.45) is 6.23. The van der Waals surface area contributed by atoms with Crippen molar-refractivity contribution in [2.75, 3.05) is 31.1 Å². The van der Waals surface area contributed by atoms with Crippen LogP contribution in [-0.2, 0) is 9.84 Å². The molecule has 1 aliphatic heterocycles. The van der Waals surface area contributed by atoms with Crippen molar-refractivity contribution >= 4 is 9.84 Å². The molecule has 1 heterocycles. The van der Waals surface area contributed by atoms with Crippen LogP contribution in [0.25, 0.3) is 0 Å². The molecule has 0 radical (unpaired) electrons. The minimum Gasteiger partial charge on any atom is -0.327 e. The van der Waals surface area contributed by atoms with Crippen LogP contribution in [0.1, 0.15) is 39.0 Å². The number of hydrogen-bond donors (Lipinski definition) is 1. The Morgan fingerprint density at radius 3 is 2.53 bits per heavy atom. The Hall–Kier alpha value is -0.130. The number of nitrogens with two attached hydrogens (primary N) is 1. The Balaban J connectivity index is 1.83. The summed E-state index contributed by atoms with van der Waals surface area (Å²) in [6, 6.07) is 0.312. The predicted molar refractivity (Wildman–Crippen MR) is 78.8 cm³/mol. The summed E-state index contributed by atoms with van der Waals surface area (Å²) >= 11 is 0. The fourth-order valence-corrected chi connectivity index (χ4v) is 4.81. The topological polar surface area (TPSA) is 63.4 Å². The van der Waals surface area contributed by atoms with E-state index in [-0.39, 0.29) is 0 Å². The molecular weight excluding hydrogens is 260 g/mol. The fraction of sp³-hybridized carbons (Fsp3) is 1.00. The molecule has 2 rings (SSSR count). The second-order valence-corrected chi connectivity index (χ2v) is 8.65. The highest BCUT2D eigenvalue weighted by molar-refractivity contribution is 7.91. The third kappa shape index (κ3) is 4.43. The molecule has 0 aromatic carbocycles. The first-order valence-electron chi connectivity index (χ1n) is 7.68. The first-order valence-corrected chi connectivity index (χ1v) is 9.50. The van der Waals surface area contributed by atoms with E-state index in [4.69, 9.17) is 5.73 Å². The van der Waals surface area contributed by atoms with Gasteiger partial charge in [0, 0.05) is 25.7 Å². The lowest BCUT2D eigenvalue weighted by Gasteiger charge is -2.38. The van der Waals surface area contributed by atoms with E-state index in [9.17, 15) is 8.42 Å². The zero-order chi connectivity index (χ0) is 13.9. The zero-order valence-corrected chi connectivity index (χ0v) is 12.9. The lowest BCUT2D eigenvalue weighted by Crippen LogP contribution is -2.47. The molecule has 3 unspecified atom stereocenters. The van der Waals surface area contributed by atoms with Crippen molar-refractivity contribution in [3.8, 4) is 0 Å². The lowest BCUT2D eigenvalue weighted by atomic mass is 9.76. The molecule has 0 bridgehead atoms. The van der Waals surface area contributed by atoms with Crippen LogP contribution >= 0.6 is 0 Å². The Morgan fingerprint density at radius 1 is 1.21 bits per heavy atom. The van der Waals surface area contributed by atoms with Gasteiger partial charge in [-0.3, -0.25) is 0 Å². The van der Waals surface area contributed by atoms with Gasteiger partial charge in [-0.15, -0.1) is 0 Å². The molecule has 1 saturated carbocycles. The molecule has 2 fully saturated rings. The van der Waals surface area contributed by atoms with Gasteiger partial charge in [-0.1, -0.05) is 19.8 Å². The van der Waals surface area contributed by atoms with Gasteiger partial charge in [0.1, 0.15) is 0 Å². The minimum absolute atomic E-state index is 0.312. The van der Waals surface area contributed by atoms with Crippen molar-refractivity contribution in [1.29, 1.82) is 0 Å². The van der Waals surface area contributed by atoms with Crippen LogP contribution in [0, 0.1) is 11.8 Å². The van der Waals surface area contributed by atoms with Crippen LogP contribution in [0.5, 0.6) is 0 Å². The predicted octanol–water partition coefficient (Wildman–Crippen LogP) is 1.26. The highest BCUT2D eigenvalue weighted by Crippen LogP contribution is 2.32. The molecule has 0 spiro atoms. The maximum Gasteiger partial charge on any atom is 0.152 e. The molecule has 1 saturated heterocycles. The van der Waals surface area contributed by atoms with E-state index >= 15 is 0 Å². The highest BCUT2D eigenvalue weighted by Gasteiger charge is 2.30. The minimum atomic E-state index is -2.76. The van der Waals surface area contributed by atoms with Crippen molar-refractivity contribution in [2.24, 2.45) is 17.6 Å². The standard InChI is InChI=1S/C14H28N2O2S/c1-2-3-12-4-5-14(15)13(10-12)11-16-6-8-19(17,18)9-7-16/h12-14H,2-11,15H2,1H3. The normalized spacial score (nSPS) is 36.2. The van der Waals surface area contributed by atoms with Crippen LogP contribution in [0.3, 0.4) is 0 Å². The first kappa shape index (κ1) is 15.3. The maximum absolute atomic E-state index is 11.4. The molecular formula is C14H28N2O2S. The van der Waals surface area contributed by atoms with Crippen molar-refractivity contribution < 1.29 is 8.42 Å². The van der Waals surface area contributed by atoms with E-state index in [0.717, 1.165) is 18.9 Å². The smallest absolute Gasteiger partial charge is 0.152 e. The van der Waals surface area contributed by atoms with Crippen LogP contribution in [0.4, 0.5) is 0 Å². The molecule has 4 nitrogen and oxygen atoms in total. The zero-order valence-electron chi connectivity index (χ0n) is 12.1. The molecule has 5 heteroatoms. The molecule has 112 valence electrons. The fourth-order valence-electron chi connectivity index (χ4n) is 3.53. The average molecular weight is 288 g/mol. The Bertz CT molecular complexity index is 369. The largest absolute Gasteiger partial charge is 0.327 e. The Labute approximate surface area is 117 Å². The van der Waals surface area contributed by atoms with Crippen LogP contribution in [0.2, 0.25) is 0 Å². The lowest BCUT2D eigenvalue weighted by molar-refractivity contribution is 0.158. The van der Waals surface area contributed by atoms with Gasteiger partial charge >= 0.3 is 0 Å². The second kappa shape index (κ2) is 6.55. The van der Waals surface area contributed by atoms with E-state index in [1.54, 1.807) is 0 Å². The van der Waals surface area contributed by atoms with E-state index in [2.05, 4.69) is 11.8 Å². The summed E-state index contributed by atoms with van der Waals surface area (Å²) in [7, 11) is -2.76. The van der Waals surface area contributed by atoms with Crippen LogP contribution in [-0.4, -0.2) is 50.5 Å². The Kier molecular flexibility index (Phi) is 5.26. The highest BCUT2D eigenvalue weighted by atomic mass is 32.2. The van der Waals surface area contributed by atoms with Gasteiger partial charge in [0.2, 0.25) is 0 Å². The average Bonchev–Trinajstić information content (AvgIpc) is 2.36. The maximum atomic E-state index is 11.4. The van der Waals surface area contributed by atoms with E-state index in [1.165, 1.54) is 25.7 Å². The van der Waals surface area contributed by atoms with Crippen molar-refractivity contribution in [3.05, 3.63) is 0 Å². The van der Waals surface area contributed by atoms with Gasteiger partial charge < -0.3 is 10.6 Å². The van der Waals surface area contributed by atoms with Gasteiger partial charge in [-0.2, -0.15) is 0 Å². The van der Waals surface area contributed by atoms with Gasteiger partial charge in [0.15, 0.2) is 9.84 Å². The third-order valence-corrected chi connectivity index (χ3v) is 6.39. The van der Waals surface area contributed by atoms with Crippen molar-refractivity contribution in [1.82, 2.24) is 4.90 Å². The van der Waals surface area contributed by atoms with Gasteiger partial charge in [-0.05, 0) is 31.1 Å². The van der Waals surface area contributed by atoms with E-state index < -0.39 is 9.84 Å².